The van der Waals surface area contributed by atoms with E-state index < -0.39 is 11.1 Å². The zero-order valence-electron chi connectivity index (χ0n) is 18.2. The van der Waals surface area contributed by atoms with Crippen LogP contribution in [0.2, 0.25) is 0 Å². The van der Waals surface area contributed by atoms with Gasteiger partial charge in [-0.15, -0.1) is 0 Å². The molecule has 1 fully saturated rings. The van der Waals surface area contributed by atoms with Crippen LogP contribution in [0.1, 0.15) is 65.7 Å². The standard InChI is InChI=1S/C22H32BN4O2/c1-6-19(28)27-13-7-8-18(27)20-25-14-17(26-20)15-9-11-16(12-10-15)23-29-22(4,5)21(2,3)24/h9-12,14,18H,6-8,13,24H2,1-5H3,(H,25,26). The summed E-state index contributed by atoms with van der Waals surface area (Å²) in [5, 5.41) is 0. The van der Waals surface area contributed by atoms with Crippen LogP contribution in [-0.2, 0) is 9.45 Å². The van der Waals surface area contributed by atoms with Crippen LogP contribution in [0.15, 0.2) is 30.5 Å². The third-order valence-electron chi connectivity index (χ3n) is 6.05. The Morgan fingerprint density at radius 3 is 2.62 bits per heavy atom. The van der Waals surface area contributed by atoms with Gasteiger partial charge in [0.05, 0.1) is 23.5 Å². The van der Waals surface area contributed by atoms with Crippen molar-refractivity contribution in [1.82, 2.24) is 14.9 Å². The van der Waals surface area contributed by atoms with Crippen molar-refractivity contribution >= 4 is 18.9 Å². The first-order chi connectivity index (χ1) is 13.6. The number of nitrogens with one attached hydrogen (secondary N) is 1. The highest BCUT2D eigenvalue weighted by molar-refractivity contribution is 6.47. The van der Waals surface area contributed by atoms with Crippen molar-refractivity contribution in [2.24, 2.45) is 5.73 Å². The van der Waals surface area contributed by atoms with Gasteiger partial charge in [-0.3, -0.25) is 4.79 Å². The van der Waals surface area contributed by atoms with E-state index >= 15 is 0 Å². The lowest BCUT2D eigenvalue weighted by molar-refractivity contribution is -0.131. The van der Waals surface area contributed by atoms with E-state index in [0.29, 0.717) is 6.42 Å². The Labute approximate surface area is 174 Å². The second kappa shape index (κ2) is 8.32. The molecule has 7 heteroatoms. The van der Waals surface area contributed by atoms with Crippen molar-refractivity contribution in [3.05, 3.63) is 36.3 Å². The molecule has 1 radical (unpaired) electrons. The highest BCUT2D eigenvalue weighted by Crippen LogP contribution is 2.31. The van der Waals surface area contributed by atoms with Crippen molar-refractivity contribution in [3.63, 3.8) is 0 Å². The number of H-pyrrole nitrogens is 1. The molecule has 1 saturated heterocycles. The monoisotopic (exact) mass is 395 g/mol. The average Bonchev–Trinajstić information content (AvgIpc) is 3.34. The van der Waals surface area contributed by atoms with Crippen molar-refractivity contribution in [2.75, 3.05) is 6.54 Å². The molecule has 1 atom stereocenters. The Hall–Kier alpha value is -2.12. The summed E-state index contributed by atoms with van der Waals surface area (Å²) in [7, 11) is 1.75. The molecular formula is C22H32BN4O2. The van der Waals surface area contributed by atoms with Crippen LogP contribution in [0.25, 0.3) is 11.3 Å². The summed E-state index contributed by atoms with van der Waals surface area (Å²) in [6, 6.07) is 8.16. The Morgan fingerprint density at radius 1 is 1.31 bits per heavy atom. The Bertz CT molecular complexity index is 839. The first-order valence-corrected chi connectivity index (χ1v) is 10.4. The van der Waals surface area contributed by atoms with Gasteiger partial charge in [-0.05, 0) is 46.1 Å². The first-order valence-electron chi connectivity index (χ1n) is 10.4. The van der Waals surface area contributed by atoms with Crippen molar-refractivity contribution in [1.29, 1.82) is 0 Å². The minimum absolute atomic E-state index is 0.0547. The van der Waals surface area contributed by atoms with E-state index in [2.05, 4.69) is 9.97 Å². The summed E-state index contributed by atoms with van der Waals surface area (Å²) in [5.41, 5.74) is 8.22. The van der Waals surface area contributed by atoms with Gasteiger partial charge in [0.2, 0.25) is 5.91 Å². The SMILES string of the molecule is CCC(=O)N1CCCC1c1ncc(-c2ccc([B]OC(C)(C)C(C)(C)N)cc2)[nH]1. The molecule has 6 nitrogen and oxygen atoms in total. The molecule has 3 rings (SSSR count). The number of hydrogen-bond donors (Lipinski definition) is 2. The van der Waals surface area contributed by atoms with Crippen LogP contribution < -0.4 is 11.2 Å². The third-order valence-corrected chi connectivity index (χ3v) is 6.05. The molecule has 0 bridgehead atoms. The average molecular weight is 395 g/mol. The number of likely N-dealkylation sites (tertiary alicyclic amines) is 1. The molecule has 1 unspecified atom stereocenters. The zero-order valence-corrected chi connectivity index (χ0v) is 18.2. The van der Waals surface area contributed by atoms with Gasteiger partial charge in [0.25, 0.3) is 0 Å². The molecule has 3 N–H and O–H groups in total. The van der Waals surface area contributed by atoms with Gasteiger partial charge in [-0.1, -0.05) is 36.7 Å². The Kier molecular flexibility index (Phi) is 6.20. The third kappa shape index (κ3) is 4.73. The van der Waals surface area contributed by atoms with Crippen LogP contribution in [0.5, 0.6) is 0 Å². The number of amides is 1. The second-order valence-electron chi connectivity index (χ2n) is 8.87. The number of nitrogens with zero attached hydrogens (tertiary/aromatic N) is 2. The Balaban J connectivity index is 1.68. The van der Waals surface area contributed by atoms with Gasteiger partial charge in [0.1, 0.15) is 5.82 Å². The number of benzene rings is 1. The normalized spacial score (nSPS) is 17.6. The molecule has 1 aromatic heterocycles. The highest BCUT2D eigenvalue weighted by Gasteiger charge is 2.34. The molecule has 1 aromatic carbocycles. The quantitative estimate of drug-likeness (QED) is 0.706. The molecule has 29 heavy (non-hydrogen) atoms. The minimum Gasteiger partial charge on any atom is -0.428 e. The summed E-state index contributed by atoms with van der Waals surface area (Å²) < 4.78 is 5.93. The van der Waals surface area contributed by atoms with E-state index in [4.69, 9.17) is 10.4 Å². The molecule has 2 aromatic rings. The molecule has 0 spiro atoms. The van der Waals surface area contributed by atoms with Gasteiger partial charge < -0.3 is 20.3 Å². The minimum atomic E-state index is -0.479. The highest BCUT2D eigenvalue weighted by atomic mass is 16.5. The predicted molar refractivity (Wildman–Crippen MR) is 117 cm³/mol. The van der Waals surface area contributed by atoms with Gasteiger partial charge in [0.15, 0.2) is 0 Å². The summed E-state index contributed by atoms with van der Waals surface area (Å²) >= 11 is 0. The number of aromatic amines is 1. The number of hydrogen-bond acceptors (Lipinski definition) is 4. The van der Waals surface area contributed by atoms with Gasteiger partial charge in [-0.2, -0.15) is 0 Å². The maximum Gasteiger partial charge on any atom is 0.330 e. The molecule has 0 aliphatic carbocycles. The van der Waals surface area contributed by atoms with Crippen LogP contribution in [0.3, 0.4) is 0 Å². The van der Waals surface area contributed by atoms with Gasteiger partial charge in [0, 0.05) is 18.5 Å². The van der Waals surface area contributed by atoms with Crippen LogP contribution in [-0.4, -0.2) is 45.9 Å². The summed E-state index contributed by atoms with van der Waals surface area (Å²) in [6.07, 6.45) is 4.35. The molecule has 1 aliphatic heterocycles. The number of imidazole rings is 1. The largest absolute Gasteiger partial charge is 0.428 e. The number of carbonyl (C=O) groups excluding carboxylic acids is 1. The first kappa shape index (κ1) is 21.6. The number of rotatable bonds is 7. The van der Waals surface area contributed by atoms with Crippen LogP contribution >= 0.6 is 0 Å². The maximum absolute atomic E-state index is 12.2. The fourth-order valence-electron chi connectivity index (χ4n) is 3.31. The number of aromatic nitrogens is 2. The van der Waals surface area contributed by atoms with E-state index in [0.717, 1.165) is 41.9 Å². The van der Waals surface area contributed by atoms with E-state index in [1.54, 1.807) is 7.48 Å². The molecule has 1 aliphatic rings. The number of nitrogens with two attached hydrogens (primary N) is 1. The van der Waals surface area contributed by atoms with Crippen LogP contribution in [0.4, 0.5) is 0 Å². The summed E-state index contributed by atoms with van der Waals surface area (Å²) in [5.74, 6) is 1.05. The lowest BCUT2D eigenvalue weighted by Crippen LogP contribution is -2.55. The molecular weight excluding hydrogens is 363 g/mol. The van der Waals surface area contributed by atoms with Crippen molar-refractivity contribution in [2.45, 2.75) is 71.1 Å². The predicted octanol–water partition coefficient (Wildman–Crippen LogP) is 2.93. The number of carbonyl (C=O) groups is 1. The molecule has 0 saturated carbocycles. The molecule has 155 valence electrons. The van der Waals surface area contributed by atoms with Gasteiger partial charge in [-0.25, -0.2) is 4.98 Å². The molecule has 2 heterocycles. The molecule has 1 amide bonds. The van der Waals surface area contributed by atoms with Crippen molar-refractivity contribution in [3.8, 4) is 11.3 Å². The van der Waals surface area contributed by atoms with Gasteiger partial charge >= 0.3 is 7.48 Å². The topological polar surface area (TPSA) is 84.2 Å². The second-order valence-corrected chi connectivity index (χ2v) is 8.87. The maximum atomic E-state index is 12.2. The smallest absolute Gasteiger partial charge is 0.330 e. The van der Waals surface area contributed by atoms with E-state index in [-0.39, 0.29) is 11.9 Å². The fraction of sp³-hybridized carbons (Fsp3) is 0.545. The fourth-order valence-corrected chi connectivity index (χ4v) is 3.31. The summed E-state index contributed by atoms with van der Waals surface area (Å²) in [4.78, 5) is 22.1. The van der Waals surface area contributed by atoms with Crippen LogP contribution in [0, 0.1) is 0 Å². The van der Waals surface area contributed by atoms with E-state index in [1.807, 2.05) is 70.0 Å². The summed E-state index contributed by atoms with van der Waals surface area (Å²) in [6.45, 7) is 10.6. The van der Waals surface area contributed by atoms with Crippen molar-refractivity contribution < 1.29 is 9.45 Å². The Morgan fingerprint density at radius 2 is 2.00 bits per heavy atom. The lowest BCUT2D eigenvalue weighted by atomic mass is 9.81. The lowest BCUT2D eigenvalue weighted by Gasteiger charge is -2.38. The zero-order chi connectivity index (χ0) is 21.2. The van der Waals surface area contributed by atoms with E-state index in [9.17, 15) is 4.79 Å². The van der Waals surface area contributed by atoms with E-state index in [1.165, 1.54) is 0 Å².